The first-order valence-corrected chi connectivity index (χ1v) is 9.15. The first kappa shape index (κ1) is 18.5. The minimum atomic E-state index is -0.143. The van der Waals surface area contributed by atoms with Crippen LogP contribution in [0, 0.1) is 26.7 Å². The number of nitrogens with one attached hydrogen (secondary N) is 1. The summed E-state index contributed by atoms with van der Waals surface area (Å²) in [6, 6.07) is 0.253. The third kappa shape index (κ3) is 3.62. The predicted molar refractivity (Wildman–Crippen MR) is 99.9 cm³/mol. The number of hydrogen-bond acceptors (Lipinski definition) is 5. The molecule has 0 spiro atoms. The van der Waals surface area contributed by atoms with Crippen LogP contribution in [0.15, 0.2) is 12.5 Å². The highest BCUT2D eigenvalue weighted by atomic mass is 16.1. The number of carbonyl (C=O) groups excluding carboxylic acids is 1. The van der Waals surface area contributed by atoms with E-state index in [0.29, 0.717) is 23.9 Å². The van der Waals surface area contributed by atoms with Gasteiger partial charge in [0.25, 0.3) is 5.91 Å². The standard InChI is InChI=1S/C19H28N6O/c1-12-13(2)23-17(14(3)22-12)19(26)21-9-15-7-6-8-24(4)18(15)16-10-20-11-25(16)5/h10-11,15,18H,6-9H2,1-5H3,(H,21,26)/t15-,18+/m0/s1. The quantitative estimate of drug-likeness (QED) is 0.906. The van der Waals surface area contributed by atoms with Crippen molar-refractivity contribution in [3.05, 3.63) is 41.0 Å². The fourth-order valence-corrected chi connectivity index (χ4v) is 3.83. The highest BCUT2D eigenvalue weighted by molar-refractivity contribution is 5.93. The van der Waals surface area contributed by atoms with Crippen LogP contribution in [0.3, 0.4) is 0 Å². The topological polar surface area (TPSA) is 75.9 Å². The van der Waals surface area contributed by atoms with E-state index >= 15 is 0 Å². The van der Waals surface area contributed by atoms with Crippen molar-refractivity contribution in [3.63, 3.8) is 0 Å². The Balaban J connectivity index is 1.74. The largest absolute Gasteiger partial charge is 0.350 e. The van der Waals surface area contributed by atoms with Crippen LogP contribution in [0.5, 0.6) is 0 Å². The van der Waals surface area contributed by atoms with Gasteiger partial charge in [0.2, 0.25) is 0 Å². The van der Waals surface area contributed by atoms with Gasteiger partial charge in [0.15, 0.2) is 0 Å². The van der Waals surface area contributed by atoms with Crippen LogP contribution >= 0.6 is 0 Å². The van der Waals surface area contributed by atoms with Crippen LogP contribution in [0.25, 0.3) is 0 Å². The van der Waals surface area contributed by atoms with Crippen LogP contribution in [0.1, 0.15) is 52.1 Å². The Morgan fingerprint density at radius 1 is 1.19 bits per heavy atom. The van der Waals surface area contributed by atoms with E-state index in [1.807, 2.05) is 40.3 Å². The molecule has 2 aromatic rings. The normalized spacial score (nSPS) is 21.0. The summed E-state index contributed by atoms with van der Waals surface area (Å²) >= 11 is 0. The molecular formula is C19H28N6O. The molecule has 1 aliphatic heterocycles. The average Bonchev–Trinajstić information content (AvgIpc) is 3.01. The van der Waals surface area contributed by atoms with E-state index in [-0.39, 0.29) is 11.9 Å². The number of aryl methyl sites for hydroxylation is 4. The van der Waals surface area contributed by atoms with E-state index in [0.717, 1.165) is 30.8 Å². The summed E-state index contributed by atoms with van der Waals surface area (Å²) in [4.78, 5) is 28.2. The monoisotopic (exact) mass is 356 g/mol. The molecule has 1 fully saturated rings. The van der Waals surface area contributed by atoms with Crippen LogP contribution in [-0.4, -0.2) is 50.5 Å². The molecule has 140 valence electrons. The van der Waals surface area contributed by atoms with Crippen molar-refractivity contribution in [3.8, 4) is 0 Å². The number of likely N-dealkylation sites (tertiary alicyclic amines) is 1. The Morgan fingerprint density at radius 2 is 1.92 bits per heavy atom. The Bertz CT molecular complexity index is 799. The van der Waals surface area contributed by atoms with Crippen molar-refractivity contribution in [2.45, 2.75) is 39.7 Å². The van der Waals surface area contributed by atoms with Gasteiger partial charge in [-0.2, -0.15) is 0 Å². The van der Waals surface area contributed by atoms with Crippen LogP contribution in [0.4, 0.5) is 0 Å². The summed E-state index contributed by atoms with van der Waals surface area (Å²) in [6.45, 7) is 7.30. The van der Waals surface area contributed by atoms with Gasteiger partial charge in [0.05, 0.1) is 35.1 Å². The third-order valence-corrected chi connectivity index (χ3v) is 5.39. The molecule has 7 nitrogen and oxygen atoms in total. The zero-order chi connectivity index (χ0) is 18.8. The lowest BCUT2D eigenvalue weighted by molar-refractivity contribution is 0.0876. The van der Waals surface area contributed by atoms with Gasteiger partial charge in [0.1, 0.15) is 5.69 Å². The maximum absolute atomic E-state index is 12.7. The fraction of sp³-hybridized carbons (Fsp3) is 0.579. The summed E-state index contributed by atoms with van der Waals surface area (Å²) in [6.07, 6.45) is 5.98. The van der Waals surface area contributed by atoms with Gasteiger partial charge in [-0.15, -0.1) is 0 Å². The van der Waals surface area contributed by atoms with Crippen molar-refractivity contribution in [2.24, 2.45) is 13.0 Å². The summed E-state index contributed by atoms with van der Waals surface area (Å²) in [5, 5.41) is 3.09. The zero-order valence-corrected chi connectivity index (χ0v) is 16.3. The highest BCUT2D eigenvalue weighted by Gasteiger charge is 2.32. The molecule has 0 radical (unpaired) electrons. The van der Waals surface area contributed by atoms with Crippen molar-refractivity contribution in [1.82, 2.24) is 29.7 Å². The van der Waals surface area contributed by atoms with Crippen molar-refractivity contribution in [1.29, 1.82) is 0 Å². The smallest absolute Gasteiger partial charge is 0.271 e. The lowest BCUT2D eigenvalue weighted by atomic mass is 9.87. The lowest BCUT2D eigenvalue weighted by Gasteiger charge is -2.39. The molecule has 3 rings (SSSR count). The molecule has 3 heterocycles. The molecule has 1 saturated heterocycles. The Labute approximate surface area is 154 Å². The van der Waals surface area contributed by atoms with E-state index in [1.165, 1.54) is 5.69 Å². The molecule has 2 atom stereocenters. The Kier molecular flexibility index (Phi) is 5.36. The van der Waals surface area contributed by atoms with E-state index < -0.39 is 0 Å². The summed E-state index contributed by atoms with van der Waals surface area (Å²) in [5.41, 5.74) is 3.95. The molecule has 1 N–H and O–H groups in total. The van der Waals surface area contributed by atoms with Gasteiger partial charge < -0.3 is 9.88 Å². The predicted octanol–water partition coefficient (Wildman–Crippen LogP) is 1.95. The van der Waals surface area contributed by atoms with E-state index in [9.17, 15) is 4.79 Å². The van der Waals surface area contributed by atoms with Crippen molar-refractivity contribution in [2.75, 3.05) is 20.1 Å². The van der Waals surface area contributed by atoms with E-state index in [2.05, 4.69) is 36.8 Å². The minimum absolute atomic E-state index is 0.143. The van der Waals surface area contributed by atoms with Crippen molar-refractivity contribution < 1.29 is 4.79 Å². The third-order valence-electron chi connectivity index (χ3n) is 5.39. The maximum Gasteiger partial charge on any atom is 0.271 e. The molecule has 26 heavy (non-hydrogen) atoms. The van der Waals surface area contributed by atoms with Crippen LogP contribution in [0.2, 0.25) is 0 Å². The molecule has 1 amide bonds. The van der Waals surface area contributed by atoms with E-state index in [1.54, 1.807) is 0 Å². The summed E-state index contributed by atoms with van der Waals surface area (Å²) < 4.78 is 2.07. The molecule has 0 unspecified atom stereocenters. The Morgan fingerprint density at radius 3 is 2.62 bits per heavy atom. The van der Waals surface area contributed by atoms with Gasteiger partial charge in [0, 0.05) is 19.8 Å². The van der Waals surface area contributed by atoms with E-state index in [4.69, 9.17) is 0 Å². The van der Waals surface area contributed by atoms with Crippen LogP contribution in [-0.2, 0) is 7.05 Å². The molecule has 0 saturated carbocycles. The second-order valence-electron chi connectivity index (χ2n) is 7.30. The van der Waals surface area contributed by atoms with Gasteiger partial charge in [-0.25, -0.2) is 9.97 Å². The number of amides is 1. The molecule has 2 aromatic heterocycles. The van der Waals surface area contributed by atoms with Crippen molar-refractivity contribution >= 4 is 5.91 Å². The van der Waals surface area contributed by atoms with Gasteiger partial charge in [-0.3, -0.25) is 14.7 Å². The number of carbonyl (C=O) groups is 1. The number of aromatic nitrogens is 4. The molecule has 7 heteroatoms. The number of piperidine rings is 1. The molecule has 0 aromatic carbocycles. The number of nitrogens with zero attached hydrogens (tertiary/aromatic N) is 5. The highest BCUT2D eigenvalue weighted by Crippen LogP contribution is 2.34. The fourth-order valence-electron chi connectivity index (χ4n) is 3.83. The number of rotatable bonds is 4. The second kappa shape index (κ2) is 7.53. The summed E-state index contributed by atoms with van der Waals surface area (Å²) in [7, 11) is 4.17. The number of imidazole rings is 1. The SMILES string of the molecule is Cc1nc(C)c(C(=O)NC[C@@H]2CCCN(C)[C@H]2c2cncn2C)nc1C. The van der Waals surface area contributed by atoms with Crippen LogP contribution < -0.4 is 5.32 Å². The average molecular weight is 356 g/mol. The lowest BCUT2D eigenvalue weighted by Crippen LogP contribution is -2.42. The van der Waals surface area contributed by atoms with Gasteiger partial charge in [-0.05, 0) is 53.1 Å². The van der Waals surface area contributed by atoms with Gasteiger partial charge in [-0.1, -0.05) is 0 Å². The Hall–Kier alpha value is -2.28. The number of hydrogen-bond donors (Lipinski definition) is 1. The minimum Gasteiger partial charge on any atom is -0.350 e. The molecular weight excluding hydrogens is 328 g/mol. The van der Waals surface area contributed by atoms with Gasteiger partial charge >= 0.3 is 0 Å². The first-order valence-electron chi connectivity index (χ1n) is 9.15. The molecule has 1 aliphatic rings. The zero-order valence-electron chi connectivity index (χ0n) is 16.3. The molecule has 0 bridgehead atoms. The second-order valence-corrected chi connectivity index (χ2v) is 7.30. The first-order chi connectivity index (χ1) is 12.4. The maximum atomic E-state index is 12.7. The summed E-state index contributed by atoms with van der Waals surface area (Å²) in [5.74, 6) is 0.197. The molecule has 0 aliphatic carbocycles.